The second-order valence-corrected chi connectivity index (χ2v) is 6.62. The maximum absolute atomic E-state index is 6.04. The summed E-state index contributed by atoms with van der Waals surface area (Å²) in [6.45, 7) is 5.50. The normalized spacial score (nSPS) is 14.4. The Bertz CT molecular complexity index is 700. The predicted octanol–water partition coefficient (Wildman–Crippen LogP) is 4.10. The molecule has 26 heavy (non-hydrogen) atoms. The van der Waals surface area contributed by atoms with Gasteiger partial charge in [0, 0.05) is 12.5 Å². The van der Waals surface area contributed by atoms with Crippen molar-refractivity contribution in [3.8, 4) is 11.5 Å². The quantitative estimate of drug-likeness (QED) is 0.655. The summed E-state index contributed by atoms with van der Waals surface area (Å²) in [4.78, 5) is 4.53. The summed E-state index contributed by atoms with van der Waals surface area (Å²) >= 11 is 0. The fourth-order valence-corrected chi connectivity index (χ4v) is 3.08. The number of nitrogens with zero attached hydrogens (tertiary/aromatic N) is 1. The highest BCUT2D eigenvalue weighted by atomic mass is 16.5. The van der Waals surface area contributed by atoms with E-state index in [1.165, 1.54) is 5.56 Å². The van der Waals surface area contributed by atoms with Crippen molar-refractivity contribution in [2.75, 3.05) is 26.3 Å². The summed E-state index contributed by atoms with van der Waals surface area (Å²) in [7, 11) is 0. The summed E-state index contributed by atoms with van der Waals surface area (Å²) in [5.74, 6) is 3.43. The van der Waals surface area contributed by atoms with Gasteiger partial charge in [0.1, 0.15) is 11.5 Å². The first-order valence-electron chi connectivity index (χ1n) is 9.49. The van der Waals surface area contributed by atoms with Crippen LogP contribution in [0.4, 0.5) is 0 Å². The van der Waals surface area contributed by atoms with E-state index in [4.69, 9.17) is 9.47 Å². The minimum Gasteiger partial charge on any atom is -0.494 e. The zero-order chi connectivity index (χ0) is 18.0. The lowest BCUT2D eigenvalue weighted by Crippen LogP contribution is -2.26. The summed E-state index contributed by atoms with van der Waals surface area (Å²) in [5, 5.41) is 3.37. The van der Waals surface area contributed by atoms with Gasteiger partial charge in [-0.15, -0.1) is 0 Å². The van der Waals surface area contributed by atoms with Gasteiger partial charge in [0.2, 0.25) is 0 Å². The molecule has 1 aliphatic rings. The molecule has 1 heterocycles. The summed E-state index contributed by atoms with van der Waals surface area (Å²) in [6.07, 6.45) is 2.90. The molecule has 0 fully saturated rings. The third-order valence-corrected chi connectivity index (χ3v) is 4.47. The van der Waals surface area contributed by atoms with Crippen molar-refractivity contribution in [1.82, 2.24) is 5.32 Å². The molecule has 2 aromatic carbocycles. The Labute approximate surface area is 156 Å². The third kappa shape index (κ3) is 5.51. The Morgan fingerprint density at radius 2 is 1.69 bits per heavy atom. The molecule has 3 rings (SSSR count). The summed E-state index contributed by atoms with van der Waals surface area (Å²) < 4.78 is 11.8. The maximum atomic E-state index is 6.04. The minimum atomic E-state index is 0.390. The second-order valence-electron chi connectivity index (χ2n) is 6.62. The van der Waals surface area contributed by atoms with Crippen LogP contribution in [-0.2, 0) is 6.42 Å². The van der Waals surface area contributed by atoms with Crippen LogP contribution in [0.2, 0.25) is 0 Å². The maximum Gasteiger partial charge on any atom is 0.122 e. The number of aliphatic imine (C=N–C) groups is 1. The molecule has 0 amide bonds. The molecule has 2 aromatic rings. The predicted molar refractivity (Wildman–Crippen MR) is 106 cm³/mol. The zero-order valence-electron chi connectivity index (χ0n) is 15.5. The van der Waals surface area contributed by atoms with Crippen LogP contribution in [0.1, 0.15) is 25.3 Å². The standard InChI is InChI=1S/C22H28N2O2/c1-18(22-23-13-14-24-22)17-19-9-5-6-12-21(19)26-16-8-7-15-25-20-10-3-2-4-11-20/h2-6,9-12,18H,7-8,13-17H2,1H3,(H,23,24)/t18-/m0/s1. The van der Waals surface area contributed by atoms with Gasteiger partial charge in [-0.1, -0.05) is 43.3 Å². The number of ether oxygens (including phenoxy) is 2. The van der Waals surface area contributed by atoms with Crippen molar-refractivity contribution >= 4 is 5.84 Å². The van der Waals surface area contributed by atoms with E-state index < -0.39 is 0 Å². The Hall–Kier alpha value is -2.49. The molecule has 0 spiro atoms. The zero-order valence-corrected chi connectivity index (χ0v) is 15.5. The first-order chi connectivity index (χ1) is 12.8. The van der Waals surface area contributed by atoms with Gasteiger partial charge in [-0.2, -0.15) is 0 Å². The Morgan fingerprint density at radius 3 is 2.46 bits per heavy atom. The number of benzene rings is 2. The first-order valence-corrected chi connectivity index (χ1v) is 9.49. The van der Waals surface area contributed by atoms with Gasteiger partial charge in [0.25, 0.3) is 0 Å². The first kappa shape index (κ1) is 18.3. The van der Waals surface area contributed by atoms with Crippen molar-refractivity contribution in [3.05, 3.63) is 60.2 Å². The molecule has 1 aliphatic heterocycles. The SMILES string of the molecule is C[C@@H](Cc1ccccc1OCCCCOc1ccccc1)C1=NCCN1. The van der Waals surface area contributed by atoms with Gasteiger partial charge in [-0.25, -0.2) is 0 Å². The Kier molecular flexibility index (Phi) is 6.94. The van der Waals surface area contributed by atoms with Gasteiger partial charge in [-0.3, -0.25) is 4.99 Å². The van der Waals surface area contributed by atoms with E-state index in [-0.39, 0.29) is 0 Å². The smallest absolute Gasteiger partial charge is 0.122 e. The van der Waals surface area contributed by atoms with E-state index in [1.807, 2.05) is 36.4 Å². The second kappa shape index (κ2) is 9.85. The summed E-state index contributed by atoms with van der Waals surface area (Å²) in [5.41, 5.74) is 1.25. The molecule has 4 heteroatoms. The van der Waals surface area contributed by atoms with Gasteiger partial charge >= 0.3 is 0 Å². The molecule has 0 bridgehead atoms. The van der Waals surface area contributed by atoms with Crippen molar-refractivity contribution in [2.45, 2.75) is 26.2 Å². The van der Waals surface area contributed by atoms with E-state index in [0.717, 1.165) is 56.3 Å². The van der Waals surface area contributed by atoms with Crippen molar-refractivity contribution < 1.29 is 9.47 Å². The van der Waals surface area contributed by atoms with Crippen LogP contribution in [0.5, 0.6) is 11.5 Å². The monoisotopic (exact) mass is 352 g/mol. The number of nitrogens with one attached hydrogen (secondary N) is 1. The van der Waals surface area contributed by atoms with E-state index in [2.05, 4.69) is 35.4 Å². The van der Waals surface area contributed by atoms with Gasteiger partial charge in [-0.05, 0) is 43.0 Å². The van der Waals surface area contributed by atoms with Gasteiger partial charge < -0.3 is 14.8 Å². The van der Waals surface area contributed by atoms with Crippen LogP contribution in [0.25, 0.3) is 0 Å². The number of rotatable bonds is 10. The average molecular weight is 352 g/mol. The Morgan fingerprint density at radius 1 is 0.962 bits per heavy atom. The molecular weight excluding hydrogens is 324 g/mol. The van der Waals surface area contributed by atoms with Crippen LogP contribution >= 0.6 is 0 Å². The highest BCUT2D eigenvalue weighted by Gasteiger charge is 2.16. The lowest BCUT2D eigenvalue weighted by molar-refractivity contribution is 0.265. The van der Waals surface area contributed by atoms with Crippen molar-refractivity contribution in [2.24, 2.45) is 10.9 Å². The van der Waals surface area contributed by atoms with Gasteiger partial charge in [0.15, 0.2) is 0 Å². The van der Waals surface area contributed by atoms with Crippen molar-refractivity contribution in [1.29, 1.82) is 0 Å². The highest BCUT2D eigenvalue weighted by Crippen LogP contribution is 2.22. The fourth-order valence-electron chi connectivity index (χ4n) is 3.08. The molecule has 1 N–H and O–H groups in total. The number of hydrogen-bond acceptors (Lipinski definition) is 4. The number of unbranched alkanes of at least 4 members (excludes halogenated alkanes) is 1. The molecule has 0 aliphatic carbocycles. The number of amidine groups is 1. The molecule has 0 radical (unpaired) electrons. The lowest BCUT2D eigenvalue weighted by atomic mass is 9.99. The topological polar surface area (TPSA) is 42.9 Å². The molecule has 0 saturated carbocycles. The minimum absolute atomic E-state index is 0.390. The summed E-state index contributed by atoms with van der Waals surface area (Å²) in [6, 6.07) is 18.3. The van der Waals surface area contributed by atoms with Gasteiger partial charge in [0.05, 0.1) is 25.6 Å². The molecule has 0 saturated heterocycles. The number of para-hydroxylation sites is 2. The largest absolute Gasteiger partial charge is 0.494 e. The van der Waals surface area contributed by atoms with Crippen molar-refractivity contribution in [3.63, 3.8) is 0 Å². The molecule has 0 aromatic heterocycles. The van der Waals surface area contributed by atoms with Crippen LogP contribution < -0.4 is 14.8 Å². The third-order valence-electron chi connectivity index (χ3n) is 4.47. The Balaban J connectivity index is 1.40. The van der Waals surface area contributed by atoms with Crippen LogP contribution in [0.3, 0.4) is 0 Å². The number of hydrogen-bond donors (Lipinski definition) is 1. The van der Waals surface area contributed by atoms with Crippen LogP contribution in [0.15, 0.2) is 59.6 Å². The van der Waals surface area contributed by atoms with E-state index in [0.29, 0.717) is 12.5 Å². The lowest BCUT2D eigenvalue weighted by Gasteiger charge is -2.16. The van der Waals surface area contributed by atoms with Crippen LogP contribution in [0, 0.1) is 5.92 Å². The van der Waals surface area contributed by atoms with E-state index in [1.54, 1.807) is 0 Å². The molecule has 138 valence electrons. The van der Waals surface area contributed by atoms with E-state index >= 15 is 0 Å². The van der Waals surface area contributed by atoms with E-state index in [9.17, 15) is 0 Å². The molecule has 1 atom stereocenters. The fraction of sp³-hybridized carbons (Fsp3) is 0.409. The molecule has 0 unspecified atom stereocenters. The average Bonchev–Trinajstić information content (AvgIpc) is 3.21. The van der Waals surface area contributed by atoms with Crippen LogP contribution in [-0.4, -0.2) is 32.1 Å². The molecule has 4 nitrogen and oxygen atoms in total. The highest BCUT2D eigenvalue weighted by molar-refractivity contribution is 5.85. The molecular formula is C22H28N2O2.